The summed E-state index contributed by atoms with van der Waals surface area (Å²) in [7, 11) is 0. The van der Waals surface area contributed by atoms with Crippen LogP contribution in [0.5, 0.6) is 0 Å². The standard InChI is InChI=1S/C72H116O6/c1-13-15-17-19-21-23-25-27-29-31-33-35-37-49-65(73)75-63-55-67(7,8)71(69(11,57-63)77-71)53-51-61(5)47-41-45-59(3)43-39-40-44-60(4)46-42-48-62(6)52-54-72-68(9,10)56-64(58-70(72,12)78-72)76-66(74)50-38-36-34-32-30-28-26-24-22-20-18-16-14-2/h39-48,51-54,63-64H,13-38,49-50,55-58H2,1-12H3/b40-39+,45-41+,46-42+,53-51+,54-52+,59-43+,60-44+,61-47+,62-48+/t63-,64-,69+,70+,71-,72-/m0/s1. The van der Waals surface area contributed by atoms with Gasteiger partial charge in [0.05, 0.1) is 0 Å². The summed E-state index contributed by atoms with van der Waals surface area (Å²) in [5.41, 5.74) is 2.95. The predicted octanol–water partition coefficient (Wildman–Crippen LogP) is 21.0. The van der Waals surface area contributed by atoms with Gasteiger partial charge >= 0.3 is 11.9 Å². The summed E-state index contributed by atoms with van der Waals surface area (Å²) >= 11 is 0. The second-order valence-corrected chi connectivity index (χ2v) is 26.3. The molecule has 0 amide bonds. The van der Waals surface area contributed by atoms with Crippen molar-refractivity contribution in [1.29, 1.82) is 0 Å². The van der Waals surface area contributed by atoms with Crippen molar-refractivity contribution in [3.8, 4) is 0 Å². The van der Waals surface area contributed by atoms with Crippen molar-refractivity contribution in [1.82, 2.24) is 0 Å². The maximum atomic E-state index is 12.9. The average molecular weight is 1080 g/mol. The fourth-order valence-corrected chi connectivity index (χ4v) is 13.1. The van der Waals surface area contributed by atoms with Crippen molar-refractivity contribution in [2.75, 3.05) is 0 Å². The van der Waals surface area contributed by atoms with Gasteiger partial charge in [0.2, 0.25) is 0 Å². The van der Waals surface area contributed by atoms with Crippen LogP contribution in [0.15, 0.2) is 107 Å². The zero-order chi connectivity index (χ0) is 57.0. The molecule has 0 aromatic heterocycles. The second-order valence-electron chi connectivity index (χ2n) is 26.3. The normalized spacial score (nSPS) is 27.1. The van der Waals surface area contributed by atoms with Gasteiger partial charge in [0.1, 0.15) is 34.6 Å². The van der Waals surface area contributed by atoms with Crippen LogP contribution in [0, 0.1) is 10.8 Å². The van der Waals surface area contributed by atoms with Crippen LogP contribution in [-0.2, 0) is 28.5 Å². The summed E-state index contributed by atoms with van der Waals surface area (Å²) in [5, 5.41) is 0. The summed E-state index contributed by atoms with van der Waals surface area (Å²) in [6.07, 6.45) is 67.8. The van der Waals surface area contributed by atoms with Crippen LogP contribution in [0.25, 0.3) is 0 Å². The Morgan fingerprint density at radius 1 is 0.385 bits per heavy atom. The average Bonchev–Trinajstić information content (AvgIpc) is 4.35. The predicted molar refractivity (Wildman–Crippen MR) is 332 cm³/mol. The molecule has 2 saturated heterocycles. The Bertz CT molecular complexity index is 1940. The van der Waals surface area contributed by atoms with Gasteiger partial charge in [0, 0.05) is 36.5 Å². The van der Waals surface area contributed by atoms with Crippen LogP contribution in [-0.4, -0.2) is 46.6 Å². The van der Waals surface area contributed by atoms with Gasteiger partial charge in [-0.05, 0) is 79.4 Å². The summed E-state index contributed by atoms with van der Waals surface area (Å²) in [6.45, 7) is 26.5. The Morgan fingerprint density at radius 2 is 0.654 bits per heavy atom. The number of unbranched alkanes of at least 4 members (excludes halogenated alkanes) is 24. The molecule has 78 heavy (non-hydrogen) atoms. The molecule has 6 heteroatoms. The quantitative estimate of drug-likeness (QED) is 0.0263. The van der Waals surface area contributed by atoms with Crippen molar-refractivity contribution in [3.05, 3.63) is 107 Å². The molecule has 4 rings (SSSR count). The summed E-state index contributed by atoms with van der Waals surface area (Å²) < 4.78 is 25.3. The van der Waals surface area contributed by atoms with Crippen LogP contribution in [0.3, 0.4) is 0 Å². The number of rotatable bonds is 40. The zero-order valence-corrected chi connectivity index (χ0v) is 52.3. The van der Waals surface area contributed by atoms with Crippen molar-refractivity contribution in [2.45, 2.75) is 323 Å². The van der Waals surface area contributed by atoms with E-state index in [1.165, 1.54) is 152 Å². The molecule has 0 aromatic carbocycles. The molecule has 0 spiro atoms. The molecule has 0 bridgehead atoms. The molecule has 0 N–H and O–H groups in total. The highest BCUT2D eigenvalue weighted by Gasteiger charge is 2.76. The number of allylic oxidation sites excluding steroid dienone is 16. The highest BCUT2D eigenvalue weighted by molar-refractivity contribution is 5.70. The smallest absolute Gasteiger partial charge is 0.306 e. The van der Waals surface area contributed by atoms with E-state index >= 15 is 0 Å². The van der Waals surface area contributed by atoms with Crippen LogP contribution < -0.4 is 0 Å². The lowest BCUT2D eigenvalue weighted by Crippen LogP contribution is -2.47. The molecular formula is C72H116O6. The Hall–Kier alpha value is -3.48. The summed E-state index contributed by atoms with van der Waals surface area (Å²) in [5.74, 6) is -0.0987. The fourth-order valence-electron chi connectivity index (χ4n) is 13.1. The minimum atomic E-state index is -0.360. The molecule has 0 aromatic rings. The molecular weight excluding hydrogens is 961 g/mol. The molecule has 4 fully saturated rings. The van der Waals surface area contributed by atoms with Crippen LogP contribution >= 0.6 is 0 Å². The maximum absolute atomic E-state index is 12.9. The third-order valence-corrected chi connectivity index (χ3v) is 18.0. The molecule has 0 radical (unpaired) electrons. The van der Waals surface area contributed by atoms with E-state index in [-0.39, 0.29) is 57.4 Å². The first kappa shape index (κ1) is 67.0. The van der Waals surface area contributed by atoms with Crippen molar-refractivity contribution < 1.29 is 28.5 Å². The van der Waals surface area contributed by atoms with Crippen molar-refractivity contribution in [2.24, 2.45) is 10.8 Å². The van der Waals surface area contributed by atoms with Gasteiger partial charge in [-0.15, -0.1) is 0 Å². The lowest BCUT2D eigenvalue weighted by Gasteiger charge is -2.40. The van der Waals surface area contributed by atoms with Gasteiger partial charge < -0.3 is 18.9 Å². The fraction of sp³-hybridized carbons (Fsp3) is 0.722. The van der Waals surface area contributed by atoms with Crippen LogP contribution in [0.4, 0.5) is 0 Å². The van der Waals surface area contributed by atoms with E-state index in [9.17, 15) is 9.59 Å². The van der Waals surface area contributed by atoms with E-state index in [0.717, 1.165) is 62.5 Å². The van der Waals surface area contributed by atoms with Crippen LogP contribution in [0.1, 0.15) is 289 Å². The van der Waals surface area contributed by atoms with E-state index in [2.05, 4.69) is 168 Å². The van der Waals surface area contributed by atoms with Crippen molar-refractivity contribution >= 4 is 11.9 Å². The minimum Gasteiger partial charge on any atom is -0.462 e. The SMILES string of the molecule is CCCCCCCCCCCCCCCC(=O)O[C@H]1CC(C)(C)[C@]2(/C=C/C(C)=C/C=C/C(C)=C/C=C/C=C(C)/C=C/C=C(C)/C=C/[C@@]34O[C@]3(C)C[C@@H](OC(=O)CCCCCCCCCCCCCCC)CC4(C)C)O[C@]2(C)C1. The van der Waals surface area contributed by atoms with Crippen molar-refractivity contribution in [3.63, 3.8) is 0 Å². The molecule has 0 unspecified atom stereocenters. The van der Waals surface area contributed by atoms with E-state index in [1.54, 1.807) is 0 Å². The van der Waals surface area contributed by atoms with E-state index in [1.807, 2.05) is 0 Å². The number of ether oxygens (including phenoxy) is 4. The van der Waals surface area contributed by atoms with Gasteiger partial charge in [0.15, 0.2) is 0 Å². The van der Waals surface area contributed by atoms with Crippen LogP contribution in [0.2, 0.25) is 0 Å². The molecule has 440 valence electrons. The lowest BCUT2D eigenvalue weighted by molar-refractivity contribution is -0.153. The third-order valence-electron chi connectivity index (χ3n) is 18.0. The van der Waals surface area contributed by atoms with Gasteiger partial charge in [0.25, 0.3) is 0 Å². The highest BCUT2D eigenvalue weighted by Crippen LogP contribution is 2.67. The Morgan fingerprint density at radius 3 is 0.949 bits per heavy atom. The minimum absolute atomic E-state index is 0.0493. The van der Waals surface area contributed by atoms with Gasteiger partial charge in [-0.1, -0.05) is 291 Å². The first-order chi connectivity index (χ1) is 37.3. The number of hydrogen-bond acceptors (Lipinski definition) is 6. The number of esters is 2. The van der Waals surface area contributed by atoms with Gasteiger partial charge in [-0.3, -0.25) is 9.59 Å². The highest BCUT2D eigenvalue weighted by atomic mass is 16.6. The molecule has 2 saturated carbocycles. The molecule has 6 nitrogen and oxygen atoms in total. The molecule has 2 aliphatic heterocycles. The lowest BCUT2D eigenvalue weighted by atomic mass is 9.63. The number of carbonyl (C=O) groups is 2. The Kier molecular flexibility index (Phi) is 29.3. The topological polar surface area (TPSA) is 77.7 Å². The monoisotopic (exact) mass is 1080 g/mol. The zero-order valence-electron chi connectivity index (χ0n) is 52.3. The second kappa shape index (κ2) is 34.1. The molecule has 2 aliphatic carbocycles. The molecule has 4 aliphatic rings. The first-order valence-electron chi connectivity index (χ1n) is 32.2. The Labute approximate surface area is 479 Å². The number of hydrogen-bond donors (Lipinski definition) is 0. The van der Waals surface area contributed by atoms with Gasteiger partial charge in [-0.25, -0.2) is 0 Å². The summed E-state index contributed by atoms with van der Waals surface area (Å²) in [6, 6.07) is 0. The maximum Gasteiger partial charge on any atom is 0.306 e. The third kappa shape index (κ3) is 22.1. The van der Waals surface area contributed by atoms with E-state index < -0.39 is 0 Å². The Balaban J connectivity index is 1.11. The first-order valence-corrected chi connectivity index (χ1v) is 32.2. The van der Waals surface area contributed by atoms with E-state index in [4.69, 9.17) is 18.9 Å². The molecule has 6 atom stereocenters. The molecule has 2 heterocycles. The number of epoxide rings is 2. The number of carbonyl (C=O) groups excluding carboxylic acids is 2. The van der Waals surface area contributed by atoms with E-state index in [0.29, 0.717) is 12.8 Å². The number of fused-ring (bicyclic) bond motifs is 2. The summed E-state index contributed by atoms with van der Waals surface area (Å²) in [4.78, 5) is 25.8. The van der Waals surface area contributed by atoms with Gasteiger partial charge in [-0.2, -0.15) is 0 Å². The largest absolute Gasteiger partial charge is 0.462 e.